The standard InChI is InChI=1S/C24H31N3O2/c1-7-27-22-12-16(2)19(13-21(22)17(3)14-24(27,4)5)15-25-26-23(28)18-8-10-20(29-6)11-9-18/h8-13,15,17H,7,14H2,1-6H3,(H,26,28)/b25-15-. The molecule has 1 aliphatic rings. The van der Waals surface area contributed by atoms with E-state index in [1.807, 2.05) is 0 Å². The van der Waals surface area contributed by atoms with Gasteiger partial charge in [0.05, 0.1) is 13.3 Å². The van der Waals surface area contributed by atoms with Crippen LogP contribution < -0.4 is 15.1 Å². The maximum atomic E-state index is 12.3. The van der Waals surface area contributed by atoms with Crippen molar-refractivity contribution in [3.05, 3.63) is 58.7 Å². The van der Waals surface area contributed by atoms with Gasteiger partial charge in [-0.25, -0.2) is 5.43 Å². The molecule has 29 heavy (non-hydrogen) atoms. The number of rotatable bonds is 5. The molecule has 2 aromatic carbocycles. The van der Waals surface area contributed by atoms with Crippen LogP contribution in [0.4, 0.5) is 5.69 Å². The minimum absolute atomic E-state index is 0.148. The van der Waals surface area contributed by atoms with Crippen LogP contribution in [0.5, 0.6) is 5.75 Å². The third kappa shape index (κ3) is 4.29. The number of aryl methyl sites for hydroxylation is 1. The largest absolute Gasteiger partial charge is 0.497 e. The van der Waals surface area contributed by atoms with Crippen molar-refractivity contribution in [2.45, 2.75) is 52.5 Å². The Labute approximate surface area is 173 Å². The summed E-state index contributed by atoms with van der Waals surface area (Å²) in [4.78, 5) is 14.8. The topological polar surface area (TPSA) is 53.9 Å². The first-order valence-corrected chi connectivity index (χ1v) is 10.2. The minimum Gasteiger partial charge on any atom is -0.497 e. The number of hydrogen-bond acceptors (Lipinski definition) is 4. The van der Waals surface area contributed by atoms with Crippen molar-refractivity contribution in [1.82, 2.24) is 5.43 Å². The quantitative estimate of drug-likeness (QED) is 0.582. The van der Waals surface area contributed by atoms with Crippen molar-refractivity contribution >= 4 is 17.8 Å². The summed E-state index contributed by atoms with van der Waals surface area (Å²) in [6.45, 7) is 12.2. The van der Waals surface area contributed by atoms with E-state index in [0.717, 1.165) is 24.1 Å². The molecule has 1 heterocycles. The first kappa shape index (κ1) is 20.9. The normalized spacial score (nSPS) is 17.9. The highest BCUT2D eigenvalue weighted by atomic mass is 16.5. The molecule has 0 saturated heterocycles. The summed E-state index contributed by atoms with van der Waals surface area (Å²) < 4.78 is 5.12. The SMILES string of the molecule is CCN1c2cc(C)c(/C=N\NC(=O)c3ccc(OC)cc3)cc2C(C)CC1(C)C. The molecule has 1 amide bonds. The second-order valence-electron chi connectivity index (χ2n) is 8.36. The Morgan fingerprint density at radius 3 is 2.62 bits per heavy atom. The van der Waals surface area contributed by atoms with E-state index in [9.17, 15) is 4.79 Å². The molecule has 0 bridgehead atoms. The van der Waals surface area contributed by atoms with E-state index in [4.69, 9.17) is 4.74 Å². The summed E-state index contributed by atoms with van der Waals surface area (Å²) in [5.41, 5.74) is 8.14. The lowest BCUT2D eigenvalue weighted by Gasteiger charge is -2.47. The molecule has 1 unspecified atom stereocenters. The highest BCUT2D eigenvalue weighted by Gasteiger charge is 2.35. The second-order valence-corrected chi connectivity index (χ2v) is 8.36. The van der Waals surface area contributed by atoms with E-state index in [-0.39, 0.29) is 11.4 Å². The van der Waals surface area contributed by atoms with Crippen LogP contribution in [0, 0.1) is 6.92 Å². The summed E-state index contributed by atoms with van der Waals surface area (Å²) in [5.74, 6) is 0.949. The van der Waals surface area contributed by atoms with Crippen LogP contribution in [0.2, 0.25) is 0 Å². The van der Waals surface area contributed by atoms with E-state index >= 15 is 0 Å². The lowest BCUT2D eigenvalue weighted by atomic mass is 9.79. The third-order valence-corrected chi connectivity index (χ3v) is 5.81. The number of carbonyl (C=O) groups excluding carboxylic acids is 1. The number of benzene rings is 2. The molecule has 0 saturated carbocycles. The molecule has 1 atom stereocenters. The number of methoxy groups -OCH3 is 1. The molecule has 0 aromatic heterocycles. The number of ether oxygens (including phenoxy) is 1. The number of fused-ring (bicyclic) bond motifs is 1. The Kier molecular flexibility index (Phi) is 5.96. The molecule has 0 aliphatic carbocycles. The maximum Gasteiger partial charge on any atom is 0.271 e. The van der Waals surface area contributed by atoms with Gasteiger partial charge in [0.15, 0.2) is 0 Å². The molecule has 0 fully saturated rings. The predicted octanol–water partition coefficient (Wildman–Crippen LogP) is 4.88. The fourth-order valence-electron chi connectivity index (χ4n) is 4.36. The van der Waals surface area contributed by atoms with Crippen LogP contribution in [0.15, 0.2) is 41.5 Å². The molecule has 0 spiro atoms. The number of hydrazone groups is 1. The van der Waals surface area contributed by atoms with Crippen LogP contribution in [0.1, 0.15) is 67.1 Å². The van der Waals surface area contributed by atoms with Crippen molar-refractivity contribution in [3.63, 3.8) is 0 Å². The molecule has 0 radical (unpaired) electrons. The van der Waals surface area contributed by atoms with Crippen molar-refractivity contribution in [1.29, 1.82) is 0 Å². The number of anilines is 1. The summed E-state index contributed by atoms with van der Waals surface area (Å²) in [5, 5.41) is 4.19. The van der Waals surface area contributed by atoms with Crippen LogP contribution in [0.3, 0.4) is 0 Å². The van der Waals surface area contributed by atoms with E-state index < -0.39 is 0 Å². The smallest absolute Gasteiger partial charge is 0.271 e. The van der Waals surface area contributed by atoms with Crippen LogP contribution in [-0.4, -0.2) is 31.3 Å². The zero-order valence-electron chi connectivity index (χ0n) is 18.2. The molecule has 2 aromatic rings. The fourth-order valence-corrected chi connectivity index (χ4v) is 4.36. The molecular formula is C24H31N3O2. The van der Waals surface area contributed by atoms with Crippen LogP contribution in [0.25, 0.3) is 0 Å². The van der Waals surface area contributed by atoms with E-state index in [2.05, 4.69) is 62.2 Å². The number of carbonyl (C=O) groups is 1. The first-order chi connectivity index (χ1) is 13.8. The Morgan fingerprint density at radius 1 is 1.31 bits per heavy atom. The zero-order valence-corrected chi connectivity index (χ0v) is 18.2. The average Bonchev–Trinajstić information content (AvgIpc) is 2.68. The van der Waals surface area contributed by atoms with Gasteiger partial charge in [-0.1, -0.05) is 6.92 Å². The maximum absolute atomic E-state index is 12.3. The molecule has 1 N–H and O–H groups in total. The Bertz CT molecular complexity index is 916. The Morgan fingerprint density at radius 2 is 2.00 bits per heavy atom. The zero-order chi connectivity index (χ0) is 21.2. The van der Waals surface area contributed by atoms with Gasteiger partial charge in [0.1, 0.15) is 5.75 Å². The van der Waals surface area contributed by atoms with Crippen LogP contribution in [-0.2, 0) is 0 Å². The fraction of sp³-hybridized carbons (Fsp3) is 0.417. The molecular weight excluding hydrogens is 362 g/mol. The predicted molar refractivity (Wildman–Crippen MR) is 119 cm³/mol. The van der Waals surface area contributed by atoms with Gasteiger partial charge < -0.3 is 9.64 Å². The van der Waals surface area contributed by atoms with Crippen molar-refractivity contribution in [2.24, 2.45) is 5.10 Å². The summed E-state index contributed by atoms with van der Waals surface area (Å²) in [6, 6.07) is 11.4. The highest BCUT2D eigenvalue weighted by Crippen LogP contribution is 2.43. The third-order valence-electron chi connectivity index (χ3n) is 5.81. The van der Waals surface area contributed by atoms with Gasteiger partial charge in [0.25, 0.3) is 5.91 Å². The summed E-state index contributed by atoms with van der Waals surface area (Å²) >= 11 is 0. The molecule has 5 nitrogen and oxygen atoms in total. The first-order valence-electron chi connectivity index (χ1n) is 10.2. The van der Waals surface area contributed by atoms with E-state index in [0.29, 0.717) is 17.2 Å². The number of nitrogens with one attached hydrogen (secondary N) is 1. The number of hydrogen-bond donors (Lipinski definition) is 1. The Hall–Kier alpha value is -2.82. The number of nitrogens with zero attached hydrogens (tertiary/aromatic N) is 2. The highest BCUT2D eigenvalue weighted by molar-refractivity contribution is 5.95. The van der Waals surface area contributed by atoms with Gasteiger partial charge in [0, 0.05) is 23.3 Å². The van der Waals surface area contributed by atoms with Crippen LogP contribution >= 0.6 is 0 Å². The monoisotopic (exact) mass is 393 g/mol. The second kappa shape index (κ2) is 8.27. The molecule has 5 heteroatoms. The lowest BCUT2D eigenvalue weighted by Crippen LogP contribution is -2.48. The van der Waals surface area contributed by atoms with Crippen molar-refractivity contribution in [3.8, 4) is 5.75 Å². The molecule has 154 valence electrons. The minimum atomic E-state index is -0.244. The molecule has 1 aliphatic heterocycles. The van der Waals surface area contributed by atoms with E-state index in [1.165, 1.54) is 11.3 Å². The van der Waals surface area contributed by atoms with Gasteiger partial charge in [-0.05, 0) is 93.1 Å². The molecule has 3 rings (SSSR count). The van der Waals surface area contributed by atoms with Gasteiger partial charge in [-0.3, -0.25) is 4.79 Å². The van der Waals surface area contributed by atoms with Crippen molar-refractivity contribution < 1.29 is 9.53 Å². The average molecular weight is 394 g/mol. The van der Waals surface area contributed by atoms with Gasteiger partial charge in [-0.2, -0.15) is 5.10 Å². The van der Waals surface area contributed by atoms with Gasteiger partial charge in [0.2, 0.25) is 0 Å². The summed E-state index contributed by atoms with van der Waals surface area (Å²) in [6.07, 6.45) is 2.85. The van der Waals surface area contributed by atoms with Gasteiger partial charge in [-0.15, -0.1) is 0 Å². The van der Waals surface area contributed by atoms with Gasteiger partial charge >= 0.3 is 0 Å². The summed E-state index contributed by atoms with van der Waals surface area (Å²) in [7, 11) is 1.60. The van der Waals surface area contributed by atoms with Crippen molar-refractivity contribution in [2.75, 3.05) is 18.6 Å². The lowest BCUT2D eigenvalue weighted by molar-refractivity contribution is 0.0955. The number of amides is 1. The Balaban J connectivity index is 1.79. The van der Waals surface area contributed by atoms with E-state index in [1.54, 1.807) is 37.6 Å².